The summed E-state index contributed by atoms with van der Waals surface area (Å²) in [5, 5.41) is 3.36. The van der Waals surface area contributed by atoms with Crippen LogP contribution in [0.25, 0.3) is 0 Å². The molecule has 0 aromatic carbocycles. The molecule has 0 aliphatic carbocycles. The molecule has 2 fully saturated rings. The second kappa shape index (κ2) is 6.88. The van der Waals surface area contributed by atoms with E-state index < -0.39 is 0 Å². The van der Waals surface area contributed by atoms with Gasteiger partial charge in [-0.3, -0.25) is 4.79 Å². The molecule has 0 radical (unpaired) electrons. The average Bonchev–Trinajstić information content (AvgIpc) is 3.18. The van der Waals surface area contributed by atoms with Gasteiger partial charge in [-0.25, -0.2) is 4.98 Å². The molecule has 2 aliphatic rings. The van der Waals surface area contributed by atoms with Crippen molar-refractivity contribution in [3.63, 3.8) is 0 Å². The van der Waals surface area contributed by atoms with E-state index in [1.165, 1.54) is 10.7 Å². The number of hydrogen-bond donors (Lipinski definition) is 0. The van der Waals surface area contributed by atoms with Gasteiger partial charge in [-0.2, -0.15) is 0 Å². The van der Waals surface area contributed by atoms with Gasteiger partial charge < -0.3 is 9.64 Å². The third-order valence-corrected chi connectivity index (χ3v) is 5.54. The molecule has 0 unspecified atom stereocenters. The molecular formula is C16H24N2O2S. The minimum absolute atomic E-state index is 0.157. The van der Waals surface area contributed by atoms with Gasteiger partial charge in [0.15, 0.2) is 0 Å². The maximum Gasteiger partial charge on any atom is 0.225 e. The molecule has 4 nitrogen and oxygen atoms in total. The third kappa shape index (κ3) is 3.64. The number of piperidine rings is 1. The average molecular weight is 308 g/mol. The molecule has 5 heteroatoms. The van der Waals surface area contributed by atoms with Gasteiger partial charge in [-0.1, -0.05) is 6.92 Å². The molecule has 2 aliphatic heterocycles. The molecule has 1 aromatic rings. The number of rotatable bonds is 4. The highest BCUT2D eigenvalue weighted by atomic mass is 32.1. The van der Waals surface area contributed by atoms with Crippen molar-refractivity contribution in [2.24, 2.45) is 0 Å². The Kier molecular flexibility index (Phi) is 4.91. The summed E-state index contributed by atoms with van der Waals surface area (Å²) in [6.07, 6.45) is 6.08. The third-order valence-electron chi connectivity index (χ3n) is 4.48. The van der Waals surface area contributed by atoms with E-state index >= 15 is 0 Å². The lowest BCUT2D eigenvalue weighted by atomic mass is 9.98. The largest absolute Gasteiger partial charge is 0.378 e. The molecule has 0 N–H and O–H groups in total. The van der Waals surface area contributed by atoms with Crippen molar-refractivity contribution >= 4 is 17.2 Å². The highest BCUT2D eigenvalue weighted by Gasteiger charge is 2.28. The summed E-state index contributed by atoms with van der Waals surface area (Å²) in [7, 11) is 0. The van der Waals surface area contributed by atoms with Crippen molar-refractivity contribution in [3.8, 4) is 0 Å². The molecule has 0 spiro atoms. The second-order valence-electron chi connectivity index (χ2n) is 6.05. The van der Waals surface area contributed by atoms with Crippen LogP contribution in [0.4, 0.5) is 0 Å². The van der Waals surface area contributed by atoms with Crippen LogP contribution in [0.5, 0.6) is 0 Å². The predicted octanol–water partition coefficient (Wildman–Crippen LogP) is 2.98. The van der Waals surface area contributed by atoms with Gasteiger partial charge in [-0.15, -0.1) is 11.3 Å². The number of ether oxygens (including phenoxy) is 1. The zero-order chi connectivity index (χ0) is 14.7. The Hall–Kier alpha value is -0.940. The first-order valence-corrected chi connectivity index (χ1v) is 8.98. The maximum atomic E-state index is 12.4. The second-order valence-corrected chi connectivity index (χ2v) is 6.94. The Labute approximate surface area is 130 Å². The van der Waals surface area contributed by atoms with Crippen molar-refractivity contribution in [2.75, 3.05) is 19.7 Å². The molecule has 1 aromatic heterocycles. The number of hydrogen-bond acceptors (Lipinski definition) is 4. The van der Waals surface area contributed by atoms with Crippen LogP contribution in [0, 0.1) is 0 Å². The van der Waals surface area contributed by atoms with Crippen molar-refractivity contribution in [2.45, 2.75) is 57.5 Å². The lowest BCUT2D eigenvalue weighted by Crippen LogP contribution is -2.40. The van der Waals surface area contributed by atoms with Gasteiger partial charge in [0.2, 0.25) is 5.91 Å². The van der Waals surface area contributed by atoms with Crippen molar-refractivity contribution in [1.29, 1.82) is 0 Å². The van der Waals surface area contributed by atoms with Gasteiger partial charge in [0.05, 0.1) is 23.2 Å². The highest BCUT2D eigenvalue weighted by Crippen LogP contribution is 2.30. The quantitative estimate of drug-likeness (QED) is 0.859. The van der Waals surface area contributed by atoms with E-state index in [-0.39, 0.29) is 12.0 Å². The van der Waals surface area contributed by atoms with Crippen LogP contribution in [0.2, 0.25) is 0 Å². The van der Waals surface area contributed by atoms with E-state index in [1.807, 2.05) is 4.90 Å². The number of nitrogens with zero attached hydrogens (tertiary/aromatic N) is 2. The summed E-state index contributed by atoms with van der Waals surface area (Å²) < 4.78 is 5.59. The van der Waals surface area contributed by atoms with Crippen molar-refractivity contribution in [1.82, 2.24) is 9.88 Å². The normalized spacial score (nSPS) is 26.2. The van der Waals surface area contributed by atoms with E-state index in [0.29, 0.717) is 12.3 Å². The zero-order valence-corrected chi connectivity index (χ0v) is 13.5. The smallest absolute Gasteiger partial charge is 0.225 e. The fraction of sp³-hybridized carbons (Fsp3) is 0.750. The summed E-state index contributed by atoms with van der Waals surface area (Å²) in [6, 6.07) is 0. The number of amides is 1. The Morgan fingerprint density at radius 1 is 1.48 bits per heavy atom. The number of likely N-dealkylation sites (tertiary alicyclic amines) is 1. The number of aryl methyl sites for hydroxylation is 1. The van der Waals surface area contributed by atoms with E-state index in [2.05, 4.69) is 12.3 Å². The first-order chi connectivity index (χ1) is 10.3. The van der Waals surface area contributed by atoms with Crippen LogP contribution in [-0.4, -0.2) is 41.6 Å². The minimum atomic E-state index is 0.157. The van der Waals surface area contributed by atoms with Crippen LogP contribution in [0.1, 0.15) is 55.6 Å². The Balaban J connectivity index is 1.58. The molecule has 0 bridgehead atoms. The molecular weight excluding hydrogens is 284 g/mol. The van der Waals surface area contributed by atoms with Gasteiger partial charge in [0, 0.05) is 31.0 Å². The number of carbonyl (C=O) groups excluding carboxylic acids is 1. The Bertz CT molecular complexity index is 482. The minimum Gasteiger partial charge on any atom is -0.378 e. The molecule has 21 heavy (non-hydrogen) atoms. The van der Waals surface area contributed by atoms with Gasteiger partial charge in [0.1, 0.15) is 0 Å². The zero-order valence-electron chi connectivity index (χ0n) is 12.7. The van der Waals surface area contributed by atoms with E-state index in [9.17, 15) is 4.79 Å². The van der Waals surface area contributed by atoms with Crippen molar-refractivity contribution in [3.05, 3.63) is 16.1 Å². The maximum absolute atomic E-state index is 12.4. The lowest BCUT2D eigenvalue weighted by molar-refractivity contribution is -0.134. The first kappa shape index (κ1) is 15.0. The molecule has 1 amide bonds. The van der Waals surface area contributed by atoms with E-state index in [1.54, 1.807) is 11.3 Å². The molecule has 2 atom stereocenters. The summed E-state index contributed by atoms with van der Waals surface area (Å²) in [6.45, 7) is 4.69. The van der Waals surface area contributed by atoms with Crippen LogP contribution in [-0.2, 0) is 16.0 Å². The van der Waals surface area contributed by atoms with E-state index in [0.717, 1.165) is 51.8 Å². The molecule has 3 heterocycles. The summed E-state index contributed by atoms with van der Waals surface area (Å²) in [5.41, 5.74) is 1.18. The van der Waals surface area contributed by atoms with Crippen LogP contribution in [0.3, 0.4) is 0 Å². The first-order valence-electron chi connectivity index (χ1n) is 8.10. The summed E-state index contributed by atoms with van der Waals surface area (Å²) in [4.78, 5) is 19.2. The standard InChI is InChI=1S/C16H24N2O2S/c1-2-13-11-21-16(17-13)12-5-3-7-18(10-12)15(19)9-14-6-4-8-20-14/h11-12,14H,2-10H2,1H3/t12-,14-/m1/s1. The Morgan fingerprint density at radius 2 is 2.38 bits per heavy atom. The topological polar surface area (TPSA) is 42.4 Å². The summed E-state index contributed by atoms with van der Waals surface area (Å²) in [5.74, 6) is 0.691. The van der Waals surface area contributed by atoms with Gasteiger partial charge in [-0.05, 0) is 32.1 Å². The van der Waals surface area contributed by atoms with E-state index in [4.69, 9.17) is 9.72 Å². The van der Waals surface area contributed by atoms with Gasteiger partial charge >= 0.3 is 0 Å². The highest BCUT2D eigenvalue weighted by molar-refractivity contribution is 7.09. The predicted molar refractivity (Wildman–Crippen MR) is 83.6 cm³/mol. The Morgan fingerprint density at radius 3 is 3.10 bits per heavy atom. The number of aromatic nitrogens is 1. The molecule has 2 saturated heterocycles. The fourth-order valence-electron chi connectivity index (χ4n) is 3.21. The van der Waals surface area contributed by atoms with Gasteiger partial charge in [0.25, 0.3) is 0 Å². The lowest BCUT2D eigenvalue weighted by Gasteiger charge is -2.32. The van der Waals surface area contributed by atoms with Crippen molar-refractivity contribution < 1.29 is 9.53 Å². The fourth-order valence-corrected chi connectivity index (χ4v) is 4.24. The van der Waals surface area contributed by atoms with Crippen LogP contribution < -0.4 is 0 Å². The molecule has 116 valence electrons. The van der Waals surface area contributed by atoms with Crippen LogP contribution >= 0.6 is 11.3 Å². The monoisotopic (exact) mass is 308 g/mol. The van der Waals surface area contributed by atoms with Crippen LogP contribution in [0.15, 0.2) is 5.38 Å². The number of carbonyl (C=O) groups is 1. The summed E-state index contributed by atoms with van der Waals surface area (Å²) >= 11 is 1.75. The number of thiazole rings is 1. The molecule has 0 saturated carbocycles. The molecule has 3 rings (SSSR count). The SMILES string of the molecule is CCc1csc([C@@H]2CCCN(C(=O)C[C@H]3CCCO3)C2)n1.